The van der Waals surface area contributed by atoms with Crippen molar-refractivity contribution < 1.29 is 24.9 Å². The predicted molar refractivity (Wildman–Crippen MR) is 115 cm³/mol. The van der Waals surface area contributed by atoms with Gasteiger partial charge in [-0.3, -0.25) is 4.79 Å². The molecule has 0 aromatic heterocycles. The summed E-state index contributed by atoms with van der Waals surface area (Å²) in [7, 11) is 1.71. The average molecular weight is 431 g/mol. The zero-order valence-corrected chi connectivity index (χ0v) is 18.5. The molecule has 0 aromatic carbocycles. The summed E-state index contributed by atoms with van der Waals surface area (Å²) in [6.45, 7) is 0.744. The first-order chi connectivity index (χ1) is 13.9. The van der Waals surface area contributed by atoms with Crippen LogP contribution in [0.4, 0.5) is 0 Å². The van der Waals surface area contributed by atoms with E-state index in [0.29, 0.717) is 12.8 Å². The molecule has 0 bridgehead atoms. The highest BCUT2D eigenvalue weighted by Crippen LogP contribution is 2.53. The standard InChI is InChI=1S/C23H39ClO5/c1-29-15-7-12-23(13-14-23)21(26)10-6-9-18-17(19(24)16-20(18)25)8-4-2-3-5-11-22(27)28/h6,9,17-21,25-26H,2-5,7-8,10-16H2,1H3,(H,27,28)/b9-6+/t17-,18-,19-,20-,21?/m1/s1. The van der Waals surface area contributed by atoms with Gasteiger partial charge in [0.1, 0.15) is 0 Å². The monoisotopic (exact) mass is 430 g/mol. The summed E-state index contributed by atoms with van der Waals surface area (Å²) in [5, 5.41) is 29.7. The molecule has 0 spiro atoms. The second kappa shape index (κ2) is 12.3. The Morgan fingerprint density at radius 2 is 1.97 bits per heavy atom. The smallest absolute Gasteiger partial charge is 0.303 e. The van der Waals surface area contributed by atoms with Gasteiger partial charge in [-0.05, 0) is 62.7 Å². The van der Waals surface area contributed by atoms with Gasteiger partial charge in [0.25, 0.3) is 0 Å². The Bertz CT molecular complexity index is 519. The van der Waals surface area contributed by atoms with Crippen molar-refractivity contribution in [2.24, 2.45) is 17.3 Å². The zero-order chi connectivity index (χ0) is 21.3. The molecule has 2 fully saturated rings. The van der Waals surface area contributed by atoms with Gasteiger partial charge >= 0.3 is 5.97 Å². The first-order valence-electron chi connectivity index (χ1n) is 11.3. The number of hydrogen-bond donors (Lipinski definition) is 3. The van der Waals surface area contributed by atoms with Gasteiger partial charge in [0.2, 0.25) is 0 Å². The van der Waals surface area contributed by atoms with Crippen molar-refractivity contribution in [3.05, 3.63) is 12.2 Å². The third-order valence-electron chi connectivity index (χ3n) is 6.89. The topological polar surface area (TPSA) is 87.0 Å². The average Bonchev–Trinajstić information content (AvgIpc) is 3.41. The fourth-order valence-corrected chi connectivity index (χ4v) is 5.31. The van der Waals surface area contributed by atoms with Crippen LogP contribution in [-0.4, -0.2) is 52.6 Å². The molecular formula is C23H39ClO5. The third-order valence-corrected chi connectivity index (χ3v) is 7.39. The molecule has 2 aliphatic carbocycles. The van der Waals surface area contributed by atoms with E-state index in [4.69, 9.17) is 21.4 Å². The van der Waals surface area contributed by atoms with Crippen LogP contribution >= 0.6 is 11.6 Å². The molecule has 2 saturated carbocycles. The van der Waals surface area contributed by atoms with Gasteiger partial charge < -0.3 is 20.1 Å². The highest BCUT2D eigenvalue weighted by Gasteiger charge is 2.47. The second-order valence-electron chi connectivity index (χ2n) is 9.05. The molecular weight excluding hydrogens is 392 g/mol. The lowest BCUT2D eigenvalue weighted by molar-refractivity contribution is -0.137. The summed E-state index contributed by atoms with van der Waals surface area (Å²) >= 11 is 6.51. The molecule has 1 unspecified atom stereocenters. The molecule has 0 aliphatic heterocycles. The van der Waals surface area contributed by atoms with E-state index in [2.05, 4.69) is 6.08 Å². The first-order valence-corrected chi connectivity index (χ1v) is 11.7. The maximum Gasteiger partial charge on any atom is 0.303 e. The van der Waals surface area contributed by atoms with Gasteiger partial charge in [-0.15, -0.1) is 11.6 Å². The molecule has 3 N–H and O–H groups in total. The van der Waals surface area contributed by atoms with Crippen molar-refractivity contribution in [1.29, 1.82) is 0 Å². The highest BCUT2D eigenvalue weighted by molar-refractivity contribution is 6.21. The van der Waals surface area contributed by atoms with Crippen LogP contribution < -0.4 is 0 Å². The number of alkyl halides is 1. The molecule has 0 aromatic rings. The van der Waals surface area contributed by atoms with Gasteiger partial charge in [-0.2, -0.15) is 0 Å². The summed E-state index contributed by atoms with van der Waals surface area (Å²) in [5.74, 6) is -0.438. The molecule has 29 heavy (non-hydrogen) atoms. The maximum absolute atomic E-state index is 10.6. The number of aliphatic carboxylic acids is 1. The van der Waals surface area contributed by atoms with Crippen molar-refractivity contribution in [3.8, 4) is 0 Å². The van der Waals surface area contributed by atoms with Gasteiger partial charge in [0, 0.05) is 31.4 Å². The number of carboxylic acid groups (broad SMARTS) is 1. The first kappa shape index (κ1) is 24.6. The number of unbranched alkanes of at least 4 members (excludes halogenated alkanes) is 3. The molecule has 0 radical (unpaired) electrons. The van der Waals surface area contributed by atoms with E-state index >= 15 is 0 Å². The minimum atomic E-state index is -0.733. The minimum Gasteiger partial charge on any atom is -0.481 e. The molecule has 2 aliphatic rings. The van der Waals surface area contributed by atoms with Gasteiger partial charge in [0.05, 0.1) is 12.2 Å². The Morgan fingerprint density at radius 3 is 2.62 bits per heavy atom. The second-order valence-corrected chi connectivity index (χ2v) is 9.61. The quantitative estimate of drug-likeness (QED) is 0.202. The Labute approximate surface area is 180 Å². The molecule has 2 rings (SSSR count). The SMILES string of the molecule is COCCCC1(C(O)C/C=C/[C@@H]2[C@@H](CCCCCCC(=O)O)[C@H](Cl)C[C@H]2O)CC1. The van der Waals surface area contributed by atoms with Crippen LogP contribution in [0, 0.1) is 17.3 Å². The van der Waals surface area contributed by atoms with E-state index in [9.17, 15) is 15.0 Å². The van der Waals surface area contributed by atoms with E-state index in [1.54, 1.807) is 7.11 Å². The van der Waals surface area contributed by atoms with Crippen LogP contribution in [0.3, 0.4) is 0 Å². The maximum atomic E-state index is 10.6. The minimum absolute atomic E-state index is 0.0209. The van der Waals surface area contributed by atoms with E-state index in [1.807, 2.05) is 6.08 Å². The number of halogens is 1. The Balaban J connectivity index is 1.75. The number of aliphatic hydroxyl groups excluding tert-OH is 2. The molecule has 6 heteroatoms. The number of carboxylic acids is 1. The van der Waals surface area contributed by atoms with Crippen molar-refractivity contribution in [2.45, 2.75) is 94.6 Å². The fraction of sp³-hybridized carbons (Fsp3) is 0.870. The number of carbonyl (C=O) groups is 1. The van der Waals surface area contributed by atoms with E-state index in [0.717, 1.165) is 64.4 Å². The number of hydrogen-bond acceptors (Lipinski definition) is 4. The fourth-order valence-electron chi connectivity index (χ4n) is 4.84. The lowest BCUT2D eigenvalue weighted by Crippen LogP contribution is -2.22. The molecule has 0 amide bonds. The van der Waals surface area contributed by atoms with Gasteiger partial charge in [0.15, 0.2) is 0 Å². The Kier molecular flexibility index (Phi) is 10.4. The number of methoxy groups -OCH3 is 1. The summed E-state index contributed by atoms with van der Waals surface area (Å²) in [4.78, 5) is 10.6. The largest absolute Gasteiger partial charge is 0.481 e. The number of aliphatic hydroxyl groups is 2. The van der Waals surface area contributed by atoms with Crippen LogP contribution in [0.1, 0.15) is 77.0 Å². The predicted octanol–water partition coefficient (Wildman–Crippen LogP) is 4.53. The van der Waals surface area contributed by atoms with Crippen LogP contribution in [0.25, 0.3) is 0 Å². The zero-order valence-electron chi connectivity index (χ0n) is 17.8. The Morgan fingerprint density at radius 1 is 1.24 bits per heavy atom. The lowest BCUT2D eigenvalue weighted by Gasteiger charge is -2.22. The van der Waals surface area contributed by atoms with Crippen molar-refractivity contribution in [1.82, 2.24) is 0 Å². The molecule has 0 heterocycles. The third kappa shape index (κ3) is 7.86. The molecule has 5 nitrogen and oxygen atoms in total. The van der Waals surface area contributed by atoms with Crippen LogP contribution in [0.5, 0.6) is 0 Å². The summed E-state index contributed by atoms with van der Waals surface area (Å²) in [6.07, 6.45) is 13.7. The van der Waals surface area contributed by atoms with Crippen LogP contribution in [-0.2, 0) is 9.53 Å². The van der Waals surface area contributed by atoms with Crippen molar-refractivity contribution >= 4 is 17.6 Å². The van der Waals surface area contributed by atoms with E-state index in [-0.39, 0.29) is 35.2 Å². The van der Waals surface area contributed by atoms with Gasteiger partial charge in [-0.1, -0.05) is 31.4 Å². The highest BCUT2D eigenvalue weighted by atomic mass is 35.5. The van der Waals surface area contributed by atoms with Crippen LogP contribution in [0.2, 0.25) is 0 Å². The summed E-state index contributed by atoms with van der Waals surface area (Å²) in [6, 6.07) is 0. The normalized spacial score (nSPS) is 29.4. The molecule has 0 saturated heterocycles. The summed E-state index contributed by atoms with van der Waals surface area (Å²) in [5.41, 5.74) is 0.0710. The number of rotatable bonds is 15. The van der Waals surface area contributed by atoms with E-state index in [1.165, 1.54) is 0 Å². The summed E-state index contributed by atoms with van der Waals surface area (Å²) < 4.78 is 5.13. The number of ether oxygens (including phenoxy) is 1. The Hall–Kier alpha value is -0.620. The van der Waals surface area contributed by atoms with E-state index < -0.39 is 12.1 Å². The van der Waals surface area contributed by atoms with Gasteiger partial charge in [-0.25, -0.2) is 0 Å². The van der Waals surface area contributed by atoms with Crippen molar-refractivity contribution in [3.63, 3.8) is 0 Å². The van der Waals surface area contributed by atoms with Crippen molar-refractivity contribution in [2.75, 3.05) is 13.7 Å². The van der Waals surface area contributed by atoms with Crippen LogP contribution in [0.15, 0.2) is 12.2 Å². The molecule has 168 valence electrons. The molecule has 5 atom stereocenters. The lowest BCUT2D eigenvalue weighted by atomic mass is 9.87.